The number of esters is 1. The Morgan fingerprint density at radius 1 is 1.19 bits per heavy atom. The summed E-state index contributed by atoms with van der Waals surface area (Å²) in [6.45, 7) is 9.21. The van der Waals surface area contributed by atoms with Gasteiger partial charge in [0.15, 0.2) is 0 Å². The second kappa shape index (κ2) is 8.72. The Morgan fingerprint density at radius 3 is 2.38 bits per heavy atom. The first kappa shape index (κ1) is 17.6. The molecular weight excluding hydrogens is 286 g/mol. The van der Waals surface area contributed by atoms with E-state index < -0.39 is 0 Å². The van der Waals surface area contributed by atoms with E-state index in [0.29, 0.717) is 19.7 Å². The number of hydrogen-bond acceptors (Lipinski definition) is 4. The summed E-state index contributed by atoms with van der Waals surface area (Å²) >= 11 is 1.17. The topological polar surface area (TPSA) is 46.6 Å². The third-order valence-corrected chi connectivity index (χ3v) is 4.27. The van der Waals surface area contributed by atoms with Crippen molar-refractivity contribution in [3.05, 3.63) is 29.8 Å². The zero-order valence-corrected chi connectivity index (χ0v) is 13.9. The van der Waals surface area contributed by atoms with E-state index in [-0.39, 0.29) is 17.1 Å². The lowest BCUT2D eigenvalue weighted by molar-refractivity contribution is -0.144. The highest BCUT2D eigenvalue weighted by Crippen LogP contribution is 2.31. The fourth-order valence-corrected chi connectivity index (χ4v) is 3.05. The third-order valence-electron chi connectivity index (χ3n) is 3.24. The van der Waals surface area contributed by atoms with E-state index in [2.05, 4.69) is 0 Å². The van der Waals surface area contributed by atoms with Crippen molar-refractivity contribution in [3.8, 4) is 0 Å². The van der Waals surface area contributed by atoms with Crippen LogP contribution in [0.4, 0.5) is 4.79 Å². The molecule has 0 aromatic heterocycles. The monoisotopic (exact) mass is 309 g/mol. The van der Waals surface area contributed by atoms with E-state index in [1.54, 1.807) is 18.7 Å². The first-order chi connectivity index (χ1) is 10.0. The van der Waals surface area contributed by atoms with Crippen molar-refractivity contribution in [1.82, 2.24) is 4.90 Å². The molecule has 1 unspecified atom stereocenters. The molecule has 0 heterocycles. The number of carbonyl (C=O) groups excluding carboxylic acids is 2. The number of nitrogens with zero attached hydrogens (tertiary/aromatic N) is 1. The minimum absolute atomic E-state index is 0.00325. The summed E-state index contributed by atoms with van der Waals surface area (Å²) in [5.41, 5.74) is 0.835. The average molecular weight is 309 g/mol. The largest absolute Gasteiger partial charge is 0.466 e. The van der Waals surface area contributed by atoms with Crippen molar-refractivity contribution in [2.45, 2.75) is 38.5 Å². The van der Waals surface area contributed by atoms with Crippen molar-refractivity contribution in [2.24, 2.45) is 0 Å². The predicted octanol–water partition coefficient (Wildman–Crippen LogP) is 3.91. The number of rotatable bonds is 6. The number of benzene rings is 1. The molecule has 0 aliphatic heterocycles. The lowest BCUT2D eigenvalue weighted by Crippen LogP contribution is -2.26. The Morgan fingerprint density at radius 2 is 1.81 bits per heavy atom. The molecule has 0 N–H and O–H groups in total. The second-order valence-corrected chi connectivity index (χ2v) is 5.55. The van der Waals surface area contributed by atoms with Crippen LogP contribution in [-0.4, -0.2) is 35.8 Å². The summed E-state index contributed by atoms with van der Waals surface area (Å²) in [5, 5.41) is 0.00325. The summed E-state index contributed by atoms with van der Waals surface area (Å²) in [4.78, 5) is 26.7. The molecule has 0 saturated carbocycles. The normalized spacial score (nSPS) is 11.8. The number of thioether (sulfide) groups is 1. The second-order valence-electron chi connectivity index (χ2n) is 4.55. The van der Waals surface area contributed by atoms with Crippen molar-refractivity contribution in [1.29, 1.82) is 0 Å². The van der Waals surface area contributed by atoms with Crippen LogP contribution >= 0.6 is 11.8 Å². The van der Waals surface area contributed by atoms with Gasteiger partial charge >= 0.3 is 5.97 Å². The smallest absolute Gasteiger partial charge is 0.313 e. The Labute approximate surface area is 130 Å². The molecule has 0 saturated heterocycles. The summed E-state index contributed by atoms with van der Waals surface area (Å²) in [6.07, 6.45) is 0. The van der Waals surface area contributed by atoms with Crippen LogP contribution in [0, 0.1) is 0 Å². The fraction of sp³-hybridized carbons (Fsp3) is 0.500. The van der Waals surface area contributed by atoms with Gasteiger partial charge in [0.1, 0.15) is 0 Å². The fourth-order valence-electron chi connectivity index (χ4n) is 1.97. The van der Waals surface area contributed by atoms with Crippen LogP contribution < -0.4 is 0 Å². The summed E-state index contributed by atoms with van der Waals surface area (Å²) in [6, 6.07) is 7.49. The predicted molar refractivity (Wildman–Crippen MR) is 85.7 cm³/mol. The van der Waals surface area contributed by atoms with Gasteiger partial charge in [0.2, 0.25) is 0 Å². The summed E-state index contributed by atoms with van der Waals surface area (Å²) < 4.78 is 5.06. The van der Waals surface area contributed by atoms with Gasteiger partial charge in [0.25, 0.3) is 5.24 Å². The lowest BCUT2D eigenvalue weighted by atomic mass is 10.0. The highest BCUT2D eigenvalue weighted by atomic mass is 32.2. The molecule has 1 aromatic rings. The van der Waals surface area contributed by atoms with Crippen molar-refractivity contribution in [2.75, 3.05) is 19.7 Å². The highest BCUT2D eigenvalue weighted by molar-refractivity contribution is 8.13. The van der Waals surface area contributed by atoms with Crippen molar-refractivity contribution in [3.63, 3.8) is 0 Å². The van der Waals surface area contributed by atoms with Gasteiger partial charge in [-0.3, -0.25) is 9.59 Å². The Bertz CT molecular complexity index is 486. The van der Waals surface area contributed by atoms with Crippen molar-refractivity contribution < 1.29 is 14.3 Å². The van der Waals surface area contributed by atoms with Gasteiger partial charge in [-0.05, 0) is 51.1 Å². The molecule has 0 aliphatic carbocycles. The Kier molecular flexibility index (Phi) is 7.29. The van der Waals surface area contributed by atoms with Crippen LogP contribution in [-0.2, 0) is 9.53 Å². The van der Waals surface area contributed by atoms with E-state index in [0.717, 1.165) is 10.5 Å². The van der Waals surface area contributed by atoms with Gasteiger partial charge in [-0.15, -0.1) is 0 Å². The van der Waals surface area contributed by atoms with E-state index in [9.17, 15) is 9.59 Å². The maximum Gasteiger partial charge on any atom is 0.313 e. The standard InChI is InChI=1S/C16H23NO3S/c1-5-17(6-2)16(19)21-14-11-9-8-10-13(14)12(4)15(18)20-7-3/h8-12H,5-7H2,1-4H3. The Balaban J connectivity index is 2.94. The minimum Gasteiger partial charge on any atom is -0.466 e. The maximum absolute atomic E-state index is 12.2. The van der Waals surface area contributed by atoms with Crippen LogP contribution in [0.2, 0.25) is 0 Å². The summed E-state index contributed by atoms with van der Waals surface area (Å²) in [7, 11) is 0. The summed E-state index contributed by atoms with van der Waals surface area (Å²) in [5.74, 6) is -0.640. The zero-order chi connectivity index (χ0) is 15.8. The van der Waals surface area contributed by atoms with Crippen LogP contribution in [0.5, 0.6) is 0 Å². The molecule has 116 valence electrons. The molecule has 5 heteroatoms. The minimum atomic E-state index is -0.377. The van der Waals surface area contributed by atoms with Crippen LogP contribution in [0.25, 0.3) is 0 Å². The SMILES string of the molecule is CCOC(=O)C(C)c1ccccc1SC(=O)N(CC)CC. The zero-order valence-electron chi connectivity index (χ0n) is 13.1. The molecule has 1 amide bonds. The van der Waals surface area contributed by atoms with Crippen LogP contribution in [0.15, 0.2) is 29.2 Å². The van der Waals surface area contributed by atoms with Crippen molar-refractivity contribution >= 4 is 23.0 Å². The van der Waals surface area contributed by atoms with Gasteiger partial charge in [-0.2, -0.15) is 0 Å². The number of carbonyl (C=O) groups is 2. The van der Waals surface area contributed by atoms with Crippen LogP contribution in [0.1, 0.15) is 39.2 Å². The molecule has 0 aliphatic rings. The first-order valence-corrected chi connectivity index (χ1v) is 8.09. The number of amides is 1. The molecule has 1 rings (SSSR count). The van der Waals surface area contributed by atoms with Gasteiger partial charge < -0.3 is 9.64 Å². The first-order valence-electron chi connectivity index (χ1n) is 7.27. The number of hydrogen-bond donors (Lipinski definition) is 0. The van der Waals surface area contributed by atoms with Gasteiger partial charge in [0, 0.05) is 18.0 Å². The van der Waals surface area contributed by atoms with Crippen LogP contribution in [0.3, 0.4) is 0 Å². The molecule has 0 spiro atoms. The molecular formula is C16H23NO3S. The van der Waals surface area contributed by atoms with E-state index in [1.165, 1.54) is 11.8 Å². The Hall–Kier alpha value is -1.49. The van der Waals surface area contributed by atoms with Gasteiger partial charge in [0.05, 0.1) is 12.5 Å². The maximum atomic E-state index is 12.2. The molecule has 21 heavy (non-hydrogen) atoms. The molecule has 4 nitrogen and oxygen atoms in total. The lowest BCUT2D eigenvalue weighted by Gasteiger charge is -2.19. The highest BCUT2D eigenvalue weighted by Gasteiger charge is 2.21. The number of ether oxygens (including phenoxy) is 1. The molecule has 0 radical (unpaired) electrons. The quantitative estimate of drug-likeness (QED) is 0.590. The van der Waals surface area contributed by atoms with E-state index in [4.69, 9.17) is 4.74 Å². The molecule has 0 fully saturated rings. The average Bonchev–Trinajstić information content (AvgIpc) is 2.48. The van der Waals surface area contributed by atoms with E-state index in [1.807, 2.05) is 38.1 Å². The molecule has 1 aromatic carbocycles. The third kappa shape index (κ3) is 4.77. The molecule has 0 bridgehead atoms. The molecule has 1 atom stereocenters. The van der Waals surface area contributed by atoms with Gasteiger partial charge in [-0.1, -0.05) is 18.2 Å². The van der Waals surface area contributed by atoms with Gasteiger partial charge in [-0.25, -0.2) is 0 Å². The van der Waals surface area contributed by atoms with E-state index >= 15 is 0 Å².